The van der Waals surface area contributed by atoms with Crippen LogP contribution in [0, 0.1) is 12.8 Å². The lowest BCUT2D eigenvalue weighted by Crippen LogP contribution is -2.59. The molecule has 3 rings (SSSR count). The van der Waals surface area contributed by atoms with Gasteiger partial charge in [0.25, 0.3) is 5.91 Å². The maximum Gasteiger partial charge on any atom is 0.253 e. The van der Waals surface area contributed by atoms with Crippen molar-refractivity contribution in [1.29, 1.82) is 0 Å². The van der Waals surface area contributed by atoms with Crippen LogP contribution in [0.15, 0.2) is 24.3 Å². The second-order valence-electron chi connectivity index (χ2n) is 7.83. The molecule has 2 saturated heterocycles. The molecule has 3 unspecified atom stereocenters. The molecule has 26 heavy (non-hydrogen) atoms. The van der Waals surface area contributed by atoms with Gasteiger partial charge in [0, 0.05) is 45.1 Å². The number of aryl methyl sites for hydroxylation is 1. The zero-order valence-corrected chi connectivity index (χ0v) is 15.9. The first-order valence-electron chi connectivity index (χ1n) is 9.36. The average molecular weight is 359 g/mol. The fraction of sp³-hybridized carbons (Fsp3) is 0.600. The van der Waals surface area contributed by atoms with Crippen LogP contribution in [0.3, 0.4) is 0 Å². The number of nitrogens with one attached hydrogen (secondary N) is 2. The van der Waals surface area contributed by atoms with E-state index >= 15 is 0 Å². The van der Waals surface area contributed by atoms with Crippen molar-refractivity contribution in [3.05, 3.63) is 35.4 Å². The molecule has 1 aromatic rings. The lowest BCUT2D eigenvalue weighted by molar-refractivity contribution is -0.156. The molecule has 1 aromatic carbocycles. The molecule has 2 fully saturated rings. The Morgan fingerprint density at radius 2 is 2.12 bits per heavy atom. The average Bonchev–Trinajstić information content (AvgIpc) is 2.94. The fourth-order valence-electron chi connectivity index (χ4n) is 3.66. The van der Waals surface area contributed by atoms with Crippen molar-refractivity contribution in [3.8, 4) is 0 Å². The predicted octanol–water partition coefficient (Wildman–Crippen LogP) is 1.23. The zero-order chi connectivity index (χ0) is 18.7. The van der Waals surface area contributed by atoms with E-state index in [9.17, 15) is 9.59 Å². The molecule has 3 atom stereocenters. The molecule has 0 radical (unpaired) electrons. The normalized spacial score (nSPS) is 29.0. The summed E-state index contributed by atoms with van der Waals surface area (Å²) in [4.78, 5) is 26.7. The van der Waals surface area contributed by atoms with Gasteiger partial charge in [-0.05, 0) is 26.3 Å². The molecule has 6 heteroatoms. The summed E-state index contributed by atoms with van der Waals surface area (Å²) in [6.45, 7) is 8.90. The van der Waals surface area contributed by atoms with Gasteiger partial charge in [0.1, 0.15) is 0 Å². The molecule has 6 nitrogen and oxygen atoms in total. The number of benzene rings is 1. The number of rotatable bonds is 5. The van der Waals surface area contributed by atoms with Gasteiger partial charge < -0.3 is 20.3 Å². The Morgan fingerprint density at radius 1 is 1.38 bits per heavy atom. The van der Waals surface area contributed by atoms with Crippen molar-refractivity contribution < 1.29 is 14.3 Å². The molecule has 2 aliphatic heterocycles. The van der Waals surface area contributed by atoms with Gasteiger partial charge >= 0.3 is 0 Å². The summed E-state index contributed by atoms with van der Waals surface area (Å²) in [5, 5.41) is 6.22. The number of likely N-dealkylation sites (tertiary alicyclic amines) is 1. The van der Waals surface area contributed by atoms with E-state index in [1.54, 1.807) is 0 Å². The van der Waals surface area contributed by atoms with Crippen LogP contribution in [0.1, 0.15) is 31.4 Å². The number of carbonyl (C=O) groups is 2. The first-order chi connectivity index (χ1) is 12.4. The number of ether oxygens (including phenoxy) is 1. The van der Waals surface area contributed by atoms with Crippen LogP contribution in [0.4, 0.5) is 0 Å². The van der Waals surface area contributed by atoms with Gasteiger partial charge in [0.2, 0.25) is 5.91 Å². The van der Waals surface area contributed by atoms with Crippen molar-refractivity contribution in [1.82, 2.24) is 15.5 Å². The van der Waals surface area contributed by atoms with Crippen LogP contribution in [0.25, 0.3) is 0 Å². The minimum absolute atomic E-state index is 0.0116. The van der Waals surface area contributed by atoms with Crippen molar-refractivity contribution >= 4 is 11.8 Å². The number of morpholine rings is 1. The van der Waals surface area contributed by atoms with Gasteiger partial charge in [-0.2, -0.15) is 0 Å². The fourth-order valence-corrected chi connectivity index (χ4v) is 3.66. The van der Waals surface area contributed by atoms with Gasteiger partial charge in [0.15, 0.2) is 5.60 Å². The Kier molecular flexibility index (Phi) is 5.63. The molecular formula is C20H29N3O3. The monoisotopic (exact) mass is 359 g/mol. The summed E-state index contributed by atoms with van der Waals surface area (Å²) in [6.07, 6.45) is 0.496. The van der Waals surface area contributed by atoms with E-state index in [1.807, 2.05) is 18.7 Å². The third-order valence-corrected chi connectivity index (χ3v) is 5.18. The lowest BCUT2D eigenvalue weighted by atomic mass is 10.0. The van der Waals surface area contributed by atoms with Gasteiger partial charge in [-0.15, -0.1) is 0 Å². The van der Waals surface area contributed by atoms with E-state index in [0.29, 0.717) is 32.6 Å². The molecule has 0 bridgehead atoms. The minimum atomic E-state index is -0.845. The third-order valence-electron chi connectivity index (χ3n) is 5.18. The van der Waals surface area contributed by atoms with Crippen molar-refractivity contribution in [3.63, 3.8) is 0 Å². The van der Waals surface area contributed by atoms with Gasteiger partial charge in [-0.3, -0.25) is 9.59 Å². The van der Waals surface area contributed by atoms with Gasteiger partial charge in [-0.25, -0.2) is 0 Å². The van der Waals surface area contributed by atoms with E-state index < -0.39 is 5.60 Å². The highest BCUT2D eigenvalue weighted by Crippen LogP contribution is 2.21. The molecule has 0 aromatic heterocycles. The second kappa shape index (κ2) is 7.76. The van der Waals surface area contributed by atoms with Gasteiger partial charge in [0.05, 0.1) is 6.10 Å². The van der Waals surface area contributed by atoms with Crippen LogP contribution in [-0.4, -0.2) is 54.6 Å². The summed E-state index contributed by atoms with van der Waals surface area (Å²) in [5.74, 6) is 0.190. The second-order valence-corrected chi connectivity index (χ2v) is 7.83. The molecule has 2 heterocycles. The van der Waals surface area contributed by atoms with Crippen molar-refractivity contribution in [2.75, 3.05) is 26.2 Å². The summed E-state index contributed by atoms with van der Waals surface area (Å²) < 4.78 is 5.83. The topological polar surface area (TPSA) is 70.7 Å². The number of nitrogens with zero attached hydrogens (tertiary/aromatic N) is 1. The van der Waals surface area contributed by atoms with E-state index in [2.05, 4.69) is 41.8 Å². The van der Waals surface area contributed by atoms with E-state index in [0.717, 1.165) is 12.1 Å². The van der Waals surface area contributed by atoms with Crippen LogP contribution in [0.2, 0.25) is 0 Å². The Bertz CT molecular complexity index is 661. The SMILES string of the molecule is Cc1ccc(CN2CC(CNC(=O)C3(C)CNCC(C)O3)CC2=O)cc1. The molecule has 0 spiro atoms. The van der Waals surface area contributed by atoms with Crippen molar-refractivity contribution in [2.45, 2.75) is 45.4 Å². The Balaban J connectivity index is 1.49. The van der Waals surface area contributed by atoms with E-state index in [-0.39, 0.29) is 23.8 Å². The highest BCUT2D eigenvalue weighted by Gasteiger charge is 2.39. The largest absolute Gasteiger partial charge is 0.360 e. The molecular weight excluding hydrogens is 330 g/mol. The smallest absolute Gasteiger partial charge is 0.253 e. The molecule has 142 valence electrons. The number of amides is 2. The standard InChI is InChI=1S/C20H29N3O3/c1-14-4-6-16(7-5-14)11-23-12-17(8-18(23)24)10-22-19(25)20(3)13-21-9-15(2)26-20/h4-7,15,17,21H,8-13H2,1-3H3,(H,22,25). The van der Waals surface area contributed by atoms with E-state index in [4.69, 9.17) is 4.74 Å². The first kappa shape index (κ1) is 18.9. The van der Waals surface area contributed by atoms with Crippen molar-refractivity contribution in [2.24, 2.45) is 5.92 Å². The first-order valence-corrected chi connectivity index (χ1v) is 9.36. The predicted molar refractivity (Wildman–Crippen MR) is 99.5 cm³/mol. The highest BCUT2D eigenvalue weighted by molar-refractivity contribution is 5.85. The molecule has 2 aliphatic rings. The summed E-state index contributed by atoms with van der Waals surface area (Å²) in [7, 11) is 0. The molecule has 0 aliphatic carbocycles. The summed E-state index contributed by atoms with van der Waals surface area (Å²) in [5.41, 5.74) is 1.50. The van der Waals surface area contributed by atoms with Crippen LogP contribution < -0.4 is 10.6 Å². The Labute approximate surface area is 155 Å². The maximum atomic E-state index is 12.5. The van der Waals surface area contributed by atoms with Gasteiger partial charge in [-0.1, -0.05) is 29.8 Å². The number of carbonyl (C=O) groups excluding carboxylic acids is 2. The molecule has 0 saturated carbocycles. The Hall–Kier alpha value is -1.92. The molecule has 2 N–H and O–H groups in total. The molecule has 2 amide bonds. The Morgan fingerprint density at radius 3 is 2.81 bits per heavy atom. The summed E-state index contributed by atoms with van der Waals surface area (Å²) in [6, 6.07) is 8.25. The van der Waals surface area contributed by atoms with Crippen LogP contribution >= 0.6 is 0 Å². The van der Waals surface area contributed by atoms with Crippen LogP contribution in [-0.2, 0) is 20.9 Å². The number of hydrogen-bond donors (Lipinski definition) is 2. The quantitative estimate of drug-likeness (QED) is 0.830. The zero-order valence-electron chi connectivity index (χ0n) is 15.9. The summed E-state index contributed by atoms with van der Waals surface area (Å²) >= 11 is 0. The van der Waals surface area contributed by atoms with Crippen LogP contribution in [0.5, 0.6) is 0 Å². The lowest BCUT2D eigenvalue weighted by Gasteiger charge is -2.36. The number of hydrogen-bond acceptors (Lipinski definition) is 4. The minimum Gasteiger partial charge on any atom is -0.360 e. The highest BCUT2D eigenvalue weighted by atomic mass is 16.5. The third kappa shape index (κ3) is 4.43. The van der Waals surface area contributed by atoms with E-state index in [1.165, 1.54) is 5.56 Å². The maximum absolute atomic E-state index is 12.5.